The molecule has 0 fully saturated rings. The first-order chi connectivity index (χ1) is 12.2. The van der Waals surface area contributed by atoms with Crippen LogP contribution in [0.3, 0.4) is 0 Å². The Kier molecular flexibility index (Phi) is 5.35. The fourth-order valence-electron chi connectivity index (χ4n) is 2.64. The van der Waals surface area contributed by atoms with E-state index in [0.29, 0.717) is 12.5 Å². The summed E-state index contributed by atoms with van der Waals surface area (Å²) in [7, 11) is 2.03. The van der Waals surface area contributed by atoms with Crippen LogP contribution in [-0.4, -0.2) is 38.7 Å². The van der Waals surface area contributed by atoms with E-state index in [9.17, 15) is 4.39 Å². The maximum Gasteiger partial charge on any atom is 0.222 e. The highest BCUT2D eigenvalue weighted by Gasteiger charge is 2.11. The predicted octanol–water partition coefficient (Wildman–Crippen LogP) is 3.07. The van der Waals surface area contributed by atoms with E-state index >= 15 is 0 Å². The normalized spacial score (nSPS) is 11.0. The summed E-state index contributed by atoms with van der Waals surface area (Å²) in [6.45, 7) is 4.24. The van der Waals surface area contributed by atoms with Gasteiger partial charge in [0.15, 0.2) is 0 Å². The van der Waals surface area contributed by atoms with Crippen LogP contribution < -0.4 is 5.32 Å². The molecule has 0 unspecified atom stereocenters. The number of nitrogens with zero attached hydrogens (tertiary/aromatic N) is 4. The molecule has 0 saturated heterocycles. The fourth-order valence-corrected chi connectivity index (χ4v) is 2.64. The van der Waals surface area contributed by atoms with Gasteiger partial charge in [0.05, 0.1) is 11.9 Å². The highest BCUT2D eigenvalue weighted by Crippen LogP contribution is 2.22. The minimum atomic E-state index is -0.247. The molecule has 130 valence electrons. The number of H-pyrrole nitrogens is 1. The molecule has 2 heterocycles. The van der Waals surface area contributed by atoms with Crippen LogP contribution in [0.5, 0.6) is 0 Å². The third kappa shape index (κ3) is 4.39. The van der Waals surface area contributed by atoms with Gasteiger partial charge in [-0.3, -0.25) is 10.00 Å². The van der Waals surface area contributed by atoms with Crippen molar-refractivity contribution < 1.29 is 4.39 Å². The monoisotopic (exact) mass is 340 g/mol. The Morgan fingerprint density at radius 1 is 1.08 bits per heavy atom. The number of hydrogen-bond donors (Lipinski definition) is 2. The van der Waals surface area contributed by atoms with Crippen LogP contribution in [-0.2, 0) is 13.1 Å². The Morgan fingerprint density at radius 3 is 2.48 bits per heavy atom. The predicted molar refractivity (Wildman–Crippen MR) is 95.3 cm³/mol. The molecular weight excluding hydrogens is 319 g/mol. The third-order valence-electron chi connectivity index (χ3n) is 3.78. The molecule has 0 saturated carbocycles. The van der Waals surface area contributed by atoms with Gasteiger partial charge in [0.25, 0.3) is 0 Å². The summed E-state index contributed by atoms with van der Waals surface area (Å²) in [5.41, 5.74) is 3.92. The Bertz CT molecular complexity index is 797. The molecular formula is C18H21FN6. The van der Waals surface area contributed by atoms with Crippen LogP contribution in [0.2, 0.25) is 0 Å². The Hall–Kier alpha value is -2.80. The topological polar surface area (TPSA) is 69.7 Å². The Morgan fingerprint density at radius 2 is 1.80 bits per heavy atom. The summed E-state index contributed by atoms with van der Waals surface area (Å²) >= 11 is 0. The van der Waals surface area contributed by atoms with Crippen LogP contribution in [0.1, 0.15) is 18.1 Å². The molecule has 0 aliphatic heterocycles. The first-order valence-corrected chi connectivity index (χ1v) is 8.17. The van der Waals surface area contributed by atoms with E-state index in [1.165, 1.54) is 12.1 Å². The lowest BCUT2D eigenvalue weighted by Crippen LogP contribution is -2.18. The molecule has 0 aliphatic carbocycles. The zero-order valence-corrected chi connectivity index (χ0v) is 14.3. The minimum absolute atomic E-state index is 0.247. The van der Waals surface area contributed by atoms with Crippen molar-refractivity contribution in [3.63, 3.8) is 0 Å². The molecule has 0 radical (unpaired) electrons. The summed E-state index contributed by atoms with van der Waals surface area (Å²) < 4.78 is 13.1. The van der Waals surface area contributed by atoms with E-state index in [0.717, 1.165) is 35.5 Å². The molecule has 2 aromatic heterocycles. The van der Waals surface area contributed by atoms with Crippen molar-refractivity contribution >= 4 is 5.95 Å². The summed E-state index contributed by atoms with van der Waals surface area (Å²) in [6, 6.07) is 6.40. The highest BCUT2D eigenvalue weighted by atomic mass is 19.1. The van der Waals surface area contributed by atoms with E-state index in [2.05, 4.69) is 30.4 Å². The van der Waals surface area contributed by atoms with Gasteiger partial charge in [-0.1, -0.05) is 0 Å². The number of halogens is 1. The van der Waals surface area contributed by atoms with Gasteiger partial charge in [0, 0.05) is 48.7 Å². The van der Waals surface area contributed by atoms with Crippen LogP contribution in [0, 0.1) is 5.82 Å². The number of aromatic amines is 1. The summed E-state index contributed by atoms with van der Waals surface area (Å²) in [6.07, 6.45) is 5.47. The second kappa shape index (κ2) is 7.85. The van der Waals surface area contributed by atoms with Gasteiger partial charge in [0.2, 0.25) is 5.95 Å². The highest BCUT2D eigenvalue weighted by molar-refractivity contribution is 5.62. The molecule has 2 N–H and O–H groups in total. The van der Waals surface area contributed by atoms with E-state index < -0.39 is 0 Å². The molecule has 3 rings (SSSR count). The van der Waals surface area contributed by atoms with E-state index in [4.69, 9.17) is 0 Å². The smallest absolute Gasteiger partial charge is 0.222 e. The maximum atomic E-state index is 13.1. The van der Waals surface area contributed by atoms with Gasteiger partial charge in [-0.25, -0.2) is 14.4 Å². The number of benzene rings is 1. The molecule has 0 bridgehead atoms. The van der Waals surface area contributed by atoms with Crippen molar-refractivity contribution in [2.45, 2.75) is 20.0 Å². The van der Waals surface area contributed by atoms with Crippen LogP contribution in [0.25, 0.3) is 11.3 Å². The van der Waals surface area contributed by atoms with Crippen LogP contribution in [0.15, 0.2) is 42.9 Å². The number of aromatic nitrogens is 4. The SMILES string of the molecule is CCNc1ncc(CN(C)Cc2cn[nH]c2-c2ccc(F)cc2)cn1. The van der Waals surface area contributed by atoms with Crippen molar-refractivity contribution in [2.75, 3.05) is 18.9 Å². The van der Waals surface area contributed by atoms with Gasteiger partial charge in [-0.15, -0.1) is 0 Å². The third-order valence-corrected chi connectivity index (χ3v) is 3.78. The van der Waals surface area contributed by atoms with Gasteiger partial charge in [-0.2, -0.15) is 5.10 Å². The quantitative estimate of drug-likeness (QED) is 0.692. The minimum Gasteiger partial charge on any atom is -0.355 e. The van der Waals surface area contributed by atoms with Gasteiger partial charge < -0.3 is 5.32 Å². The van der Waals surface area contributed by atoms with Crippen molar-refractivity contribution in [2.24, 2.45) is 0 Å². The average Bonchev–Trinajstić information content (AvgIpc) is 3.05. The first-order valence-electron chi connectivity index (χ1n) is 8.17. The second-order valence-corrected chi connectivity index (χ2v) is 5.89. The lowest BCUT2D eigenvalue weighted by atomic mass is 10.1. The molecule has 25 heavy (non-hydrogen) atoms. The summed E-state index contributed by atoms with van der Waals surface area (Å²) in [5.74, 6) is 0.394. The molecule has 0 aliphatic rings. The van der Waals surface area contributed by atoms with E-state index in [-0.39, 0.29) is 5.82 Å². The lowest BCUT2D eigenvalue weighted by Gasteiger charge is -2.16. The molecule has 7 heteroatoms. The van der Waals surface area contributed by atoms with Crippen LogP contribution in [0.4, 0.5) is 10.3 Å². The van der Waals surface area contributed by atoms with Crippen molar-refractivity contribution in [3.05, 3.63) is 59.8 Å². The molecule has 0 spiro atoms. The van der Waals surface area contributed by atoms with E-state index in [1.54, 1.807) is 18.3 Å². The lowest BCUT2D eigenvalue weighted by molar-refractivity contribution is 0.319. The fraction of sp³-hybridized carbons (Fsp3) is 0.278. The van der Waals surface area contributed by atoms with E-state index in [1.807, 2.05) is 26.4 Å². The second-order valence-electron chi connectivity index (χ2n) is 5.89. The van der Waals surface area contributed by atoms with Crippen molar-refractivity contribution in [1.82, 2.24) is 25.1 Å². The number of rotatable bonds is 7. The number of hydrogen-bond acceptors (Lipinski definition) is 5. The number of anilines is 1. The molecule has 0 atom stereocenters. The zero-order chi connectivity index (χ0) is 17.6. The molecule has 0 amide bonds. The van der Waals surface area contributed by atoms with Gasteiger partial charge in [0.1, 0.15) is 5.82 Å². The maximum absolute atomic E-state index is 13.1. The molecule has 1 aromatic carbocycles. The zero-order valence-electron chi connectivity index (χ0n) is 14.3. The van der Waals surface area contributed by atoms with Crippen molar-refractivity contribution in [3.8, 4) is 11.3 Å². The summed E-state index contributed by atoms with van der Waals surface area (Å²) in [4.78, 5) is 10.7. The Labute approximate surface area is 146 Å². The van der Waals surface area contributed by atoms with Gasteiger partial charge in [-0.05, 0) is 38.2 Å². The summed E-state index contributed by atoms with van der Waals surface area (Å²) in [5, 5.41) is 10.2. The molecule has 3 aromatic rings. The van der Waals surface area contributed by atoms with Crippen molar-refractivity contribution in [1.29, 1.82) is 0 Å². The largest absolute Gasteiger partial charge is 0.355 e. The van der Waals surface area contributed by atoms with Gasteiger partial charge >= 0.3 is 0 Å². The molecule has 6 nitrogen and oxygen atoms in total. The first kappa shape index (κ1) is 17.0. The standard InChI is InChI=1S/C18H21FN6/c1-3-20-18-21-8-13(9-22-18)11-25(2)12-15-10-23-24-17(15)14-4-6-16(19)7-5-14/h4-10H,3,11-12H2,1-2H3,(H,23,24)(H,20,21,22). The number of nitrogens with one attached hydrogen (secondary N) is 2. The Balaban J connectivity index is 1.66. The van der Waals surface area contributed by atoms with Crippen LogP contribution >= 0.6 is 0 Å². The average molecular weight is 340 g/mol.